The molecule has 1 fully saturated rings. The van der Waals surface area contributed by atoms with Gasteiger partial charge in [-0.3, -0.25) is 14.5 Å². The summed E-state index contributed by atoms with van der Waals surface area (Å²) in [6.07, 6.45) is 1.51. The van der Waals surface area contributed by atoms with Crippen LogP contribution in [0, 0.1) is 5.92 Å². The Bertz CT molecular complexity index is 1040. The molecule has 2 amide bonds. The number of fused-ring (bicyclic) bond motifs is 1. The van der Waals surface area contributed by atoms with E-state index in [1.807, 2.05) is 66.7 Å². The Kier molecular flexibility index (Phi) is 6.45. The maximum Gasteiger partial charge on any atom is 0.238 e. The quantitative estimate of drug-likeness (QED) is 0.563. The average molecular weight is 466 g/mol. The maximum atomic E-state index is 12.6. The lowest BCUT2D eigenvalue weighted by molar-refractivity contribution is -0.121. The van der Waals surface area contributed by atoms with Crippen LogP contribution in [-0.4, -0.2) is 36.3 Å². The van der Waals surface area contributed by atoms with Gasteiger partial charge in [-0.15, -0.1) is 0 Å². The van der Waals surface area contributed by atoms with Crippen LogP contribution in [0.15, 0.2) is 71.2 Å². The number of nitrogens with zero attached hydrogens (tertiary/aromatic N) is 1. The number of rotatable bonds is 5. The van der Waals surface area contributed by atoms with Crippen molar-refractivity contribution in [2.24, 2.45) is 5.92 Å². The normalized spacial score (nSPS) is 15.1. The van der Waals surface area contributed by atoms with Crippen molar-refractivity contribution in [3.8, 4) is 0 Å². The van der Waals surface area contributed by atoms with Gasteiger partial charge in [-0.25, -0.2) is 0 Å². The Morgan fingerprint density at radius 1 is 0.900 bits per heavy atom. The zero-order chi connectivity index (χ0) is 20.9. The van der Waals surface area contributed by atoms with Gasteiger partial charge in [-0.1, -0.05) is 52.3 Å². The first-order valence-corrected chi connectivity index (χ1v) is 10.9. The predicted octanol–water partition coefficient (Wildman–Crippen LogP) is 4.89. The largest absolute Gasteiger partial charge is 0.326 e. The second-order valence-electron chi connectivity index (χ2n) is 7.62. The molecule has 0 radical (unpaired) electrons. The summed E-state index contributed by atoms with van der Waals surface area (Å²) >= 11 is 3.40. The molecule has 3 aromatic rings. The van der Waals surface area contributed by atoms with Crippen LogP contribution in [-0.2, 0) is 9.59 Å². The van der Waals surface area contributed by atoms with E-state index < -0.39 is 0 Å². The van der Waals surface area contributed by atoms with E-state index in [2.05, 4.69) is 31.5 Å². The molecule has 0 spiro atoms. The fourth-order valence-electron chi connectivity index (χ4n) is 3.86. The Balaban J connectivity index is 1.27. The molecule has 0 aliphatic carbocycles. The number of piperidine rings is 1. The summed E-state index contributed by atoms with van der Waals surface area (Å²) in [5.74, 6) is 0.00678. The smallest absolute Gasteiger partial charge is 0.238 e. The summed E-state index contributed by atoms with van der Waals surface area (Å²) in [6, 6.07) is 21.5. The minimum atomic E-state index is -0.0240. The SMILES string of the molecule is O=C(CN1CCC(C(=O)Nc2ccc(Br)cc2)CC1)Nc1cccc2ccccc12. The zero-order valence-corrected chi connectivity index (χ0v) is 18.2. The van der Waals surface area contributed by atoms with Crippen LogP contribution >= 0.6 is 15.9 Å². The van der Waals surface area contributed by atoms with Gasteiger partial charge in [0, 0.05) is 27.2 Å². The van der Waals surface area contributed by atoms with Gasteiger partial charge in [0.2, 0.25) is 11.8 Å². The third-order valence-electron chi connectivity index (χ3n) is 5.50. The molecule has 0 atom stereocenters. The number of hydrogen-bond acceptors (Lipinski definition) is 3. The monoisotopic (exact) mass is 465 g/mol. The minimum absolute atomic E-state index is 0.0222. The Morgan fingerprint density at radius 2 is 1.60 bits per heavy atom. The molecule has 154 valence electrons. The molecule has 5 nitrogen and oxygen atoms in total. The molecule has 0 aromatic heterocycles. The van der Waals surface area contributed by atoms with Gasteiger partial charge < -0.3 is 10.6 Å². The summed E-state index contributed by atoms with van der Waals surface area (Å²) in [4.78, 5) is 27.2. The van der Waals surface area contributed by atoms with E-state index >= 15 is 0 Å². The fraction of sp³-hybridized carbons (Fsp3) is 0.250. The van der Waals surface area contributed by atoms with Crippen LogP contribution in [0.5, 0.6) is 0 Å². The van der Waals surface area contributed by atoms with Crippen molar-refractivity contribution in [3.05, 3.63) is 71.2 Å². The van der Waals surface area contributed by atoms with Crippen LogP contribution < -0.4 is 10.6 Å². The lowest BCUT2D eigenvalue weighted by atomic mass is 9.96. The zero-order valence-electron chi connectivity index (χ0n) is 16.6. The van der Waals surface area contributed by atoms with E-state index in [-0.39, 0.29) is 17.7 Å². The molecular formula is C24H24BrN3O2. The molecule has 3 aromatic carbocycles. The van der Waals surface area contributed by atoms with E-state index in [0.717, 1.165) is 52.6 Å². The molecule has 1 aliphatic heterocycles. The highest BCUT2D eigenvalue weighted by Crippen LogP contribution is 2.24. The number of likely N-dealkylation sites (tertiary alicyclic amines) is 1. The van der Waals surface area contributed by atoms with Crippen LogP contribution in [0.1, 0.15) is 12.8 Å². The van der Waals surface area contributed by atoms with Crippen molar-refractivity contribution in [2.45, 2.75) is 12.8 Å². The number of amides is 2. The Hall–Kier alpha value is -2.70. The van der Waals surface area contributed by atoms with Gasteiger partial charge in [-0.2, -0.15) is 0 Å². The van der Waals surface area contributed by atoms with Crippen molar-refractivity contribution in [1.29, 1.82) is 0 Å². The third kappa shape index (κ3) is 5.07. The number of carbonyl (C=O) groups excluding carboxylic acids is 2. The van der Waals surface area contributed by atoms with E-state index in [1.165, 1.54) is 0 Å². The average Bonchev–Trinajstić information content (AvgIpc) is 2.76. The number of halogens is 1. The Morgan fingerprint density at radius 3 is 2.37 bits per heavy atom. The van der Waals surface area contributed by atoms with Crippen LogP contribution in [0.3, 0.4) is 0 Å². The van der Waals surface area contributed by atoms with Crippen LogP contribution in [0.2, 0.25) is 0 Å². The molecule has 30 heavy (non-hydrogen) atoms. The molecule has 1 heterocycles. The van der Waals surface area contributed by atoms with E-state index in [9.17, 15) is 9.59 Å². The van der Waals surface area contributed by atoms with Crippen LogP contribution in [0.4, 0.5) is 11.4 Å². The van der Waals surface area contributed by atoms with Crippen molar-refractivity contribution in [3.63, 3.8) is 0 Å². The number of nitrogens with one attached hydrogen (secondary N) is 2. The number of anilines is 2. The van der Waals surface area contributed by atoms with Gasteiger partial charge in [0.1, 0.15) is 0 Å². The summed E-state index contributed by atoms with van der Waals surface area (Å²) in [5.41, 5.74) is 1.64. The molecular weight excluding hydrogens is 442 g/mol. The fourth-order valence-corrected chi connectivity index (χ4v) is 4.12. The minimum Gasteiger partial charge on any atom is -0.326 e. The van der Waals surface area contributed by atoms with Gasteiger partial charge in [0.25, 0.3) is 0 Å². The lowest BCUT2D eigenvalue weighted by Gasteiger charge is -2.30. The molecule has 0 bridgehead atoms. The molecule has 0 unspecified atom stereocenters. The third-order valence-corrected chi connectivity index (χ3v) is 6.03. The van der Waals surface area contributed by atoms with Crippen LogP contribution in [0.25, 0.3) is 10.8 Å². The van der Waals surface area contributed by atoms with E-state index in [4.69, 9.17) is 0 Å². The van der Waals surface area contributed by atoms with Crippen molar-refractivity contribution in [1.82, 2.24) is 4.90 Å². The summed E-state index contributed by atoms with van der Waals surface area (Å²) in [5, 5.41) is 8.17. The molecule has 1 aliphatic rings. The summed E-state index contributed by atoms with van der Waals surface area (Å²) < 4.78 is 0.982. The summed E-state index contributed by atoms with van der Waals surface area (Å²) in [6.45, 7) is 1.81. The molecule has 6 heteroatoms. The number of benzene rings is 3. The predicted molar refractivity (Wildman–Crippen MR) is 125 cm³/mol. The van der Waals surface area contributed by atoms with Gasteiger partial charge in [0.15, 0.2) is 0 Å². The number of hydrogen-bond donors (Lipinski definition) is 2. The topological polar surface area (TPSA) is 61.4 Å². The van der Waals surface area contributed by atoms with Crippen molar-refractivity contribution in [2.75, 3.05) is 30.3 Å². The maximum absolute atomic E-state index is 12.6. The highest BCUT2D eigenvalue weighted by molar-refractivity contribution is 9.10. The standard InChI is InChI=1S/C24H24BrN3O2/c25-19-8-10-20(11-9-19)26-24(30)18-12-14-28(15-13-18)16-23(29)27-22-7-3-5-17-4-1-2-6-21(17)22/h1-11,18H,12-16H2,(H,26,30)(H,27,29). The Labute approximate surface area is 184 Å². The van der Waals surface area contributed by atoms with Crippen molar-refractivity contribution >= 4 is 49.9 Å². The van der Waals surface area contributed by atoms with E-state index in [0.29, 0.717) is 6.54 Å². The highest BCUT2D eigenvalue weighted by Gasteiger charge is 2.26. The first-order chi connectivity index (χ1) is 14.6. The first-order valence-electron chi connectivity index (χ1n) is 10.1. The second-order valence-corrected chi connectivity index (χ2v) is 8.54. The second kappa shape index (κ2) is 9.41. The van der Waals surface area contributed by atoms with Gasteiger partial charge in [-0.05, 0) is 61.6 Å². The number of carbonyl (C=O) groups is 2. The molecule has 1 saturated heterocycles. The van der Waals surface area contributed by atoms with Crippen molar-refractivity contribution < 1.29 is 9.59 Å². The summed E-state index contributed by atoms with van der Waals surface area (Å²) in [7, 11) is 0. The lowest BCUT2D eigenvalue weighted by Crippen LogP contribution is -2.41. The highest BCUT2D eigenvalue weighted by atomic mass is 79.9. The molecule has 2 N–H and O–H groups in total. The van der Waals surface area contributed by atoms with Gasteiger partial charge in [0.05, 0.1) is 6.54 Å². The molecule has 0 saturated carbocycles. The van der Waals surface area contributed by atoms with Gasteiger partial charge >= 0.3 is 0 Å². The molecule has 4 rings (SSSR count). The first kappa shape index (κ1) is 20.6. The van der Waals surface area contributed by atoms with E-state index in [1.54, 1.807) is 0 Å².